The third kappa shape index (κ3) is 182. The predicted molar refractivity (Wildman–Crippen MR) is 16.6 cm³/mol. The summed E-state index contributed by atoms with van der Waals surface area (Å²) in [5, 5.41) is 0. The molecule has 0 fully saturated rings. The van der Waals surface area contributed by atoms with Gasteiger partial charge in [0.15, 0.2) is 0 Å². The molecule has 0 aliphatic carbocycles. The average molecular weight is 125 g/mol. The van der Waals surface area contributed by atoms with Crippen molar-refractivity contribution in [3.63, 3.8) is 0 Å². The van der Waals surface area contributed by atoms with Crippen molar-refractivity contribution in [1.29, 1.82) is 4.17 Å². The quantitative estimate of drug-likeness (QED) is 0.433. The van der Waals surface area contributed by atoms with Gasteiger partial charge in [-0.05, 0) is 0 Å². The fourth-order valence-electron chi connectivity index (χ4n) is 0. The molecule has 0 N–H and O–H groups in total. The first kappa shape index (κ1) is 9.76. The van der Waals surface area contributed by atoms with Gasteiger partial charge >= 0.3 is 35.6 Å². The van der Waals surface area contributed by atoms with Gasteiger partial charge in [0.25, 0.3) is 0 Å². The Balaban J connectivity index is 0. The Labute approximate surface area is 46.6 Å². The van der Waals surface area contributed by atoms with Crippen LogP contribution in [0.25, 0.3) is 0 Å². The summed E-state index contributed by atoms with van der Waals surface area (Å²) in [7, 11) is 0. The van der Waals surface area contributed by atoms with Gasteiger partial charge in [0.2, 0.25) is 0 Å². The number of halogens is 3. The molecule has 0 aromatic rings. The maximum absolute atomic E-state index is 9.81. The predicted octanol–water partition coefficient (Wildman–Crippen LogP) is 0.514. The summed E-state index contributed by atoms with van der Waals surface area (Å²) < 4.78 is 36.3. The van der Waals surface area contributed by atoms with E-state index < -0.39 is 15.5 Å². The second-order valence-corrected chi connectivity index (χ2v) is 0.742. The Kier molecular flexibility index (Phi) is 14.8. The van der Waals surface area contributed by atoms with Gasteiger partial charge in [-0.25, -0.2) is 0 Å². The zero-order valence-corrected chi connectivity index (χ0v) is 5.05. The van der Waals surface area contributed by atoms with Crippen LogP contribution >= 0.6 is 0 Å². The standard InChI is InChI=1S/2Al.3FH.N/h;;3*1H;/q;+3;;;;/p-3. The summed E-state index contributed by atoms with van der Waals surface area (Å²) in [4.78, 5) is 0. The molecule has 1 nitrogen and oxygen atoms in total. The molecular formula is Al2F3N. The molecule has 0 saturated carbocycles. The van der Waals surface area contributed by atoms with Gasteiger partial charge in [-0.2, -0.15) is 0 Å². The molecule has 0 saturated heterocycles. The first-order chi connectivity index (χ1) is 2.73. The van der Waals surface area contributed by atoms with Crippen LogP contribution in [-0.4, -0.2) is 31.4 Å². The van der Waals surface area contributed by atoms with Crippen LogP contribution in [0.4, 0.5) is 10.6 Å². The molecule has 6 heavy (non-hydrogen) atoms. The van der Waals surface area contributed by atoms with Crippen LogP contribution < -0.4 is 0 Å². The molecule has 0 aliphatic rings. The molecule has 0 aromatic carbocycles. The first-order valence-electron chi connectivity index (χ1n) is 0.913. The van der Waals surface area contributed by atoms with Gasteiger partial charge in [-0.15, -0.1) is 0 Å². The second-order valence-electron chi connectivity index (χ2n) is 0.247. The molecular weight excluding hydrogens is 125 g/mol. The molecule has 0 aliphatic heterocycles. The van der Waals surface area contributed by atoms with Crippen molar-refractivity contribution in [3.8, 4) is 0 Å². The average Bonchev–Trinajstić information content (AvgIpc) is 1.41. The SMILES string of the molecule is [F][Al]([F])[F].[N]#[Al]. The molecule has 0 aromatic heterocycles. The zero-order valence-electron chi connectivity index (χ0n) is 2.74. The summed E-state index contributed by atoms with van der Waals surface area (Å²) in [5.41, 5.74) is 0. The van der Waals surface area contributed by atoms with E-state index in [1.165, 1.54) is 15.9 Å². The van der Waals surface area contributed by atoms with Crippen molar-refractivity contribution < 1.29 is 10.6 Å². The van der Waals surface area contributed by atoms with Crippen molar-refractivity contribution in [2.75, 3.05) is 0 Å². The summed E-state index contributed by atoms with van der Waals surface area (Å²) in [6, 6.07) is 0. The summed E-state index contributed by atoms with van der Waals surface area (Å²) in [5.74, 6) is 0. The number of rotatable bonds is 0. The van der Waals surface area contributed by atoms with Gasteiger partial charge < -0.3 is 10.6 Å². The zero-order chi connectivity index (χ0) is 5.58. The second kappa shape index (κ2) is 9.12. The van der Waals surface area contributed by atoms with Crippen molar-refractivity contribution in [3.05, 3.63) is 0 Å². The molecule has 0 rings (SSSR count). The van der Waals surface area contributed by atoms with Gasteiger partial charge in [0.05, 0.1) is 0 Å². The third-order valence-electron chi connectivity index (χ3n) is 0. The van der Waals surface area contributed by atoms with E-state index in [0.29, 0.717) is 0 Å². The van der Waals surface area contributed by atoms with E-state index in [9.17, 15) is 10.6 Å². The Hall–Kier alpha value is 0.565. The fourth-order valence-corrected chi connectivity index (χ4v) is 0. The van der Waals surface area contributed by atoms with E-state index in [2.05, 4.69) is 0 Å². The fraction of sp³-hybridized carbons (Fsp3) is 0. The molecule has 0 unspecified atom stereocenters. The van der Waals surface area contributed by atoms with Crippen LogP contribution in [0.3, 0.4) is 0 Å². The Morgan fingerprint density at radius 1 is 1.17 bits per heavy atom. The maximum atomic E-state index is 9.81. The molecule has 32 valence electrons. The topological polar surface area (TPSA) is 23.8 Å². The van der Waals surface area contributed by atoms with Crippen molar-refractivity contribution in [1.82, 2.24) is 0 Å². The van der Waals surface area contributed by atoms with Gasteiger partial charge in [-0.1, -0.05) is 0 Å². The van der Waals surface area contributed by atoms with Crippen LogP contribution in [0.15, 0.2) is 0 Å². The number of nitrogens with zero attached hydrogens (tertiary/aromatic N) is 1. The van der Waals surface area contributed by atoms with Crippen LogP contribution in [0.2, 0.25) is 0 Å². The number of hydrogen-bond donors (Lipinski definition) is 0. The van der Waals surface area contributed by atoms with E-state index >= 15 is 0 Å². The Morgan fingerprint density at radius 2 is 1.17 bits per heavy atom. The van der Waals surface area contributed by atoms with Crippen LogP contribution in [0, 0.1) is 4.17 Å². The van der Waals surface area contributed by atoms with Gasteiger partial charge in [-0.3, -0.25) is 0 Å². The third-order valence-corrected chi connectivity index (χ3v) is 0. The van der Waals surface area contributed by atoms with Gasteiger partial charge in [0, 0.05) is 0 Å². The molecule has 0 bridgehead atoms. The van der Waals surface area contributed by atoms with Crippen LogP contribution in [0.5, 0.6) is 0 Å². The monoisotopic (exact) mass is 125 g/mol. The van der Waals surface area contributed by atoms with E-state index in [1.54, 1.807) is 0 Å². The first-order valence-corrected chi connectivity index (χ1v) is 2.74. The van der Waals surface area contributed by atoms with E-state index in [0.717, 1.165) is 0 Å². The van der Waals surface area contributed by atoms with E-state index in [1.807, 2.05) is 0 Å². The molecule has 0 atom stereocenters. The Morgan fingerprint density at radius 3 is 1.17 bits per heavy atom. The minimum absolute atomic E-state index is 1.42. The molecule has 0 spiro atoms. The normalized spacial score (nSPS) is 5.33. The molecule has 0 amide bonds. The summed E-state index contributed by atoms with van der Waals surface area (Å²) >= 11 is -3.22. The van der Waals surface area contributed by atoms with E-state index in [4.69, 9.17) is 4.17 Å². The molecule has 0 radical (unpaired) electrons. The molecule has 6 heteroatoms. The van der Waals surface area contributed by atoms with Crippen molar-refractivity contribution in [2.24, 2.45) is 0 Å². The van der Waals surface area contributed by atoms with Gasteiger partial charge in [0.1, 0.15) is 0 Å². The number of hydrogen-bond acceptors (Lipinski definition) is 1. The van der Waals surface area contributed by atoms with E-state index in [-0.39, 0.29) is 0 Å². The summed E-state index contributed by atoms with van der Waals surface area (Å²) in [6.07, 6.45) is 0. The van der Waals surface area contributed by atoms with Crippen LogP contribution in [0.1, 0.15) is 0 Å². The van der Waals surface area contributed by atoms with Crippen LogP contribution in [-0.2, 0) is 0 Å². The Bertz CT molecular complexity index is 30.3. The summed E-state index contributed by atoms with van der Waals surface area (Å²) in [6.45, 7) is 0. The molecule has 0 heterocycles. The van der Waals surface area contributed by atoms with Crippen molar-refractivity contribution >= 4 is 31.4 Å². The minimum atomic E-state index is -4.64. The van der Waals surface area contributed by atoms with Crippen molar-refractivity contribution in [2.45, 2.75) is 0 Å².